The smallest absolute Gasteiger partial charge is 1.00 e. The summed E-state index contributed by atoms with van der Waals surface area (Å²) in [5.74, 6) is 0. The van der Waals surface area contributed by atoms with Gasteiger partial charge in [0.2, 0.25) is 0 Å². The zero-order valence-corrected chi connectivity index (χ0v) is 5.63. The third kappa shape index (κ3) is 412. The van der Waals surface area contributed by atoms with E-state index in [1.807, 2.05) is 0 Å². The van der Waals surface area contributed by atoms with E-state index in [0.717, 1.165) is 0 Å². The van der Waals surface area contributed by atoms with Crippen molar-refractivity contribution in [3.63, 3.8) is 0 Å². The second kappa shape index (κ2) is 9.02. The maximum Gasteiger partial charge on any atom is 2.00 e. The van der Waals surface area contributed by atoms with Crippen LogP contribution < -0.4 is 6.15 Å². The van der Waals surface area contributed by atoms with Gasteiger partial charge in [0.1, 0.15) is 0 Å². The van der Waals surface area contributed by atoms with Crippen LogP contribution in [0, 0.1) is 0 Å². The summed E-state index contributed by atoms with van der Waals surface area (Å²) in [5.41, 5.74) is 0. The van der Waals surface area contributed by atoms with Crippen LogP contribution in [-0.2, 0) is 4.46 Å². The van der Waals surface area contributed by atoms with Gasteiger partial charge in [0.05, 0.1) is 0 Å². The SMILES string of the molecule is N.O=[Si](O)O.[H-].[H-].[Mg+2]. The van der Waals surface area contributed by atoms with Gasteiger partial charge in [-0.15, -0.1) is 0 Å². The molecule has 0 aromatic rings. The average Bonchev–Trinajstić information content (AvgIpc) is 0.811. The van der Waals surface area contributed by atoms with Crippen LogP contribution in [0.5, 0.6) is 0 Å². The fourth-order valence-electron chi connectivity index (χ4n) is 0. The number of hydrogen-bond donors (Lipinski definition) is 3. The molecule has 4 nitrogen and oxygen atoms in total. The van der Waals surface area contributed by atoms with Crippen molar-refractivity contribution >= 4 is 32.2 Å². The Morgan fingerprint density at radius 1 is 1.50 bits per heavy atom. The molecule has 0 saturated heterocycles. The predicted octanol–water partition coefficient (Wildman–Crippen LogP) is -1.61. The fraction of sp³-hybridized carbons (Fsp3) is 0. The van der Waals surface area contributed by atoms with E-state index in [9.17, 15) is 0 Å². The van der Waals surface area contributed by atoms with Gasteiger partial charge in [-0.25, -0.2) is 0 Å². The first-order chi connectivity index (χ1) is 1.73. The Morgan fingerprint density at radius 3 is 1.50 bits per heavy atom. The summed E-state index contributed by atoms with van der Waals surface area (Å²) in [4.78, 5) is 14.3. The molecule has 6 heavy (non-hydrogen) atoms. The molecular weight excluding hydrogens is 114 g/mol. The van der Waals surface area contributed by atoms with Crippen LogP contribution in [-0.4, -0.2) is 41.8 Å². The zero-order valence-electron chi connectivity index (χ0n) is 5.22. The van der Waals surface area contributed by atoms with Crippen molar-refractivity contribution in [2.24, 2.45) is 0 Å². The summed E-state index contributed by atoms with van der Waals surface area (Å²) < 4.78 is 8.74. The normalized spacial score (nSPS) is 4.00. The van der Waals surface area contributed by atoms with Gasteiger partial charge in [-0.2, -0.15) is 0 Å². The van der Waals surface area contributed by atoms with Crippen molar-refractivity contribution in [1.82, 2.24) is 6.15 Å². The molecule has 0 fully saturated rings. The first-order valence-corrected chi connectivity index (χ1v) is 1.95. The van der Waals surface area contributed by atoms with Gasteiger partial charge in [0, 0.05) is 0 Å². The van der Waals surface area contributed by atoms with E-state index < -0.39 is 9.17 Å². The van der Waals surface area contributed by atoms with Crippen molar-refractivity contribution in [2.45, 2.75) is 0 Å². The summed E-state index contributed by atoms with van der Waals surface area (Å²) in [5, 5.41) is 0. The van der Waals surface area contributed by atoms with Crippen LogP contribution in [0.1, 0.15) is 2.85 Å². The maximum absolute atomic E-state index is 8.74. The Kier molecular flexibility index (Phi) is 24.4. The molecule has 0 bridgehead atoms. The van der Waals surface area contributed by atoms with Crippen molar-refractivity contribution in [2.75, 3.05) is 0 Å². The molecule has 0 aliphatic rings. The monoisotopic (exact) mass is 121 g/mol. The molecular formula is H7MgNO3Si. The van der Waals surface area contributed by atoms with E-state index in [0.29, 0.717) is 0 Å². The largest absolute Gasteiger partial charge is 2.00 e. The molecule has 0 aliphatic heterocycles. The minimum absolute atomic E-state index is 0. The molecule has 0 unspecified atom stereocenters. The maximum atomic E-state index is 8.74. The van der Waals surface area contributed by atoms with Crippen molar-refractivity contribution in [3.8, 4) is 0 Å². The third-order valence-corrected chi connectivity index (χ3v) is 0. The zero-order chi connectivity index (χ0) is 3.58. The first kappa shape index (κ1) is 16.2. The molecule has 0 aromatic carbocycles. The molecule has 0 aliphatic carbocycles. The van der Waals surface area contributed by atoms with Crippen molar-refractivity contribution in [1.29, 1.82) is 0 Å². The van der Waals surface area contributed by atoms with E-state index >= 15 is 0 Å². The molecule has 0 amide bonds. The predicted molar refractivity (Wildman–Crippen MR) is 23.9 cm³/mol. The van der Waals surface area contributed by atoms with E-state index in [-0.39, 0.29) is 32.1 Å². The van der Waals surface area contributed by atoms with E-state index in [1.165, 1.54) is 0 Å². The molecule has 0 spiro atoms. The molecule has 36 valence electrons. The summed E-state index contributed by atoms with van der Waals surface area (Å²) >= 11 is 0. The second-order valence-electron chi connectivity index (χ2n) is 0.283. The summed E-state index contributed by atoms with van der Waals surface area (Å²) in [7, 11) is -3.13. The third-order valence-electron chi connectivity index (χ3n) is 0. The number of rotatable bonds is 0. The minimum atomic E-state index is -3.13. The minimum Gasteiger partial charge on any atom is -1.00 e. The Morgan fingerprint density at radius 2 is 1.50 bits per heavy atom. The van der Waals surface area contributed by atoms with Crippen molar-refractivity contribution < 1.29 is 16.9 Å². The standard InChI is InChI=1S/Mg.H3N.H2O3Si.2H/c;;1-4(2)3;;/h;1H3;1-2H;;/q+2;;;2*-1. The van der Waals surface area contributed by atoms with Crippen LogP contribution in [0.25, 0.3) is 0 Å². The molecule has 0 radical (unpaired) electrons. The summed E-state index contributed by atoms with van der Waals surface area (Å²) in [6.45, 7) is 0. The van der Waals surface area contributed by atoms with Crippen LogP contribution in [0.15, 0.2) is 0 Å². The molecule has 0 rings (SSSR count). The van der Waals surface area contributed by atoms with Gasteiger partial charge in [-0.05, 0) is 0 Å². The number of hydrogen-bond acceptors (Lipinski definition) is 2. The molecule has 0 heterocycles. The summed E-state index contributed by atoms with van der Waals surface area (Å²) in [6, 6.07) is 0. The van der Waals surface area contributed by atoms with E-state index in [1.54, 1.807) is 0 Å². The van der Waals surface area contributed by atoms with Crippen LogP contribution in [0.3, 0.4) is 0 Å². The Hall–Kier alpha value is 0.343. The average molecular weight is 121 g/mol. The first-order valence-electron chi connectivity index (χ1n) is 0.651. The van der Waals surface area contributed by atoms with Crippen LogP contribution in [0.2, 0.25) is 0 Å². The topological polar surface area (TPSA) is 92.5 Å². The Balaban J connectivity index is -0.00000000750. The van der Waals surface area contributed by atoms with Gasteiger partial charge < -0.3 is 18.6 Å². The second-order valence-corrected chi connectivity index (χ2v) is 0.848. The van der Waals surface area contributed by atoms with Crippen LogP contribution >= 0.6 is 0 Å². The van der Waals surface area contributed by atoms with E-state index in [4.69, 9.17) is 14.1 Å². The Bertz CT molecular complexity index is 40.3. The van der Waals surface area contributed by atoms with Gasteiger partial charge >= 0.3 is 32.2 Å². The van der Waals surface area contributed by atoms with Crippen molar-refractivity contribution in [3.05, 3.63) is 0 Å². The molecule has 5 N–H and O–H groups in total. The molecule has 6 heteroatoms. The quantitative estimate of drug-likeness (QED) is 0.336. The van der Waals surface area contributed by atoms with E-state index in [2.05, 4.69) is 0 Å². The summed E-state index contributed by atoms with van der Waals surface area (Å²) in [6.07, 6.45) is 0. The van der Waals surface area contributed by atoms with Gasteiger partial charge in [0.15, 0.2) is 0 Å². The Labute approximate surface area is 55.8 Å². The molecule has 0 aromatic heterocycles. The van der Waals surface area contributed by atoms with Gasteiger partial charge in [-0.1, -0.05) is 0 Å². The van der Waals surface area contributed by atoms with Crippen LogP contribution in [0.4, 0.5) is 0 Å². The molecule has 0 atom stereocenters. The fourth-order valence-corrected chi connectivity index (χ4v) is 0. The van der Waals surface area contributed by atoms with Gasteiger partial charge in [-0.3, -0.25) is 4.46 Å². The van der Waals surface area contributed by atoms with Gasteiger partial charge in [0.25, 0.3) is 0 Å². The molecule has 0 saturated carbocycles.